The zero-order valence-electron chi connectivity index (χ0n) is 15.6. The number of nitrogens with zero attached hydrogens (tertiary/aromatic N) is 4. The van der Waals surface area contributed by atoms with Gasteiger partial charge in [-0.15, -0.1) is 0 Å². The Morgan fingerprint density at radius 1 is 1.16 bits per heavy atom. The van der Waals surface area contributed by atoms with Crippen LogP contribution in [-0.4, -0.2) is 47.0 Å². The Morgan fingerprint density at radius 2 is 1.94 bits per heavy atom. The van der Waals surface area contributed by atoms with Crippen LogP contribution in [0, 0.1) is 5.82 Å². The molecular formula is C18H14F4N4O4S. The maximum atomic E-state index is 13.9. The van der Waals surface area contributed by atoms with Crippen molar-refractivity contribution in [2.45, 2.75) is 23.6 Å². The number of benzene rings is 1. The molecule has 1 atom stereocenters. The minimum Gasteiger partial charge on any atom is -0.473 e. The van der Waals surface area contributed by atoms with E-state index >= 15 is 0 Å². The normalized spacial score (nSPS) is 17.7. The average molecular weight is 458 g/mol. The van der Waals surface area contributed by atoms with Crippen molar-refractivity contribution in [1.82, 2.24) is 19.4 Å². The Bertz CT molecular complexity index is 1180. The second kappa shape index (κ2) is 7.89. The largest absolute Gasteiger partial charge is 0.473 e. The van der Waals surface area contributed by atoms with Crippen LogP contribution in [0.5, 0.6) is 5.88 Å². The summed E-state index contributed by atoms with van der Waals surface area (Å²) in [5.41, 5.74) is 0.182. The summed E-state index contributed by atoms with van der Waals surface area (Å²) < 4.78 is 87.8. The lowest BCUT2D eigenvalue weighted by Crippen LogP contribution is -2.31. The number of halogens is 4. The van der Waals surface area contributed by atoms with E-state index in [-0.39, 0.29) is 30.4 Å². The highest BCUT2D eigenvalue weighted by molar-refractivity contribution is 7.89. The van der Waals surface area contributed by atoms with Gasteiger partial charge >= 0.3 is 12.1 Å². The molecule has 0 spiro atoms. The maximum Gasteiger partial charge on any atom is 0.471 e. The van der Waals surface area contributed by atoms with Crippen LogP contribution < -0.4 is 4.74 Å². The number of ether oxygens (including phenoxy) is 1. The molecule has 0 aliphatic carbocycles. The molecule has 13 heteroatoms. The standard InChI is InChI=1S/C18H14F4N4O4S/c19-13-3-1-2-4-14(13)31(27,28)26-8-7-12(10-26)29-15-6-5-11(9-23-15)16-24-17(30-25-16)18(20,21)22/h1-6,9,12H,7-8,10H2/t12-/m0/s1. The molecule has 1 saturated heterocycles. The number of hydrogen-bond donors (Lipinski definition) is 0. The molecule has 0 saturated carbocycles. The van der Waals surface area contributed by atoms with Gasteiger partial charge in [-0.3, -0.25) is 0 Å². The number of aromatic nitrogens is 3. The number of alkyl halides is 3. The monoisotopic (exact) mass is 458 g/mol. The SMILES string of the molecule is O=S(=O)(c1ccccc1F)N1CC[C@H](Oc2ccc(-c3noc(C(F)(F)F)n3)cn2)C1. The van der Waals surface area contributed by atoms with Crippen molar-refractivity contribution in [3.8, 4) is 17.3 Å². The Morgan fingerprint density at radius 3 is 2.58 bits per heavy atom. The molecule has 0 radical (unpaired) electrons. The van der Waals surface area contributed by atoms with E-state index in [0.717, 1.165) is 10.4 Å². The third-order valence-corrected chi connectivity index (χ3v) is 6.41. The van der Waals surface area contributed by atoms with Crippen LogP contribution in [0.4, 0.5) is 17.6 Å². The van der Waals surface area contributed by atoms with Gasteiger partial charge in [-0.05, 0) is 24.6 Å². The lowest BCUT2D eigenvalue weighted by molar-refractivity contribution is -0.159. The van der Waals surface area contributed by atoms with Gasteiger partial charge in [0.05, 0.1) is 6.54 Å². The van der Waals surface area contributed by atoms with Crippen LogP contribution in [-0.2, 0) is 16.2 Å². The zero-order valence-corrected chi connectivity index (χ0v) is 16.4. The van der Waals surface area contributed by atoms with E-state index in [2.05, 4.69) is 19.6 Å². The van der Waals surface area contributed by atoms with Crippen LogP contribution in [0.25, 0.3) is 11.4 Å². The average Bonchev–Trinajstić information content (AvgIpc) is 3.39. The molecule has 1 aliphatic rings. The van der Waals surface area contributed by atoms with Gasteiger partial charge < -0.3 is 9.26 Å². The molecule has 4 rings (SSSR count). The summed E-state index contributed by atoms with van der Waals surface area (Å²) in [6, 6.07) is 7.90. The van der Waals surface area contributed by atoms with Gasteiger partial charge in [0.25, 0.3) is 0 Å². The van der Waals surface area contributed by atoms with Crippen molar-refractivity contribution in [3.63, 3.8) is 0 Å². The van der Waals surface area contributed by atoms with Crippen molar-refractivity contribution < 1.29 is 35.2 Å². The van der Waals surface area contributed by atoms with E-state index in [0.29, 0.717) is 6.42 Å². The third-order valence-electron chi connectivity index (χ3n) is 4.51. The molecular weight excluding hydrogens is 444 g/mol. The van der Waals surface area contributed by atoms with Gasteiger partial charge in [-0.1, -0.05) is 17.3 Å². The molecule has 0 unspecified atom stereocenters. The minimum atomic E-state index is -4.75. The molecule has 0 bridgehead atoms. The van der Waals surface area contributed by atoms with Crippen LogP contribution in [0.1, 0.15) is 12.3 Å². The number of hydrogen-bond acceptors (Lipinski definition) is 7. The lowest BCUT2D eigenvalue weighted by atomic mass is 10.2. The summed E-state index contributed by atoms with van der Waals surface area (Å²) in [5, 5.41) is 3.27. The maximum absolute atomic E-state index is 13.9. The number of rotatable bonds is 5. The zero-order chi connectivity index (χ0) is 22.2. The predicted octanol–water partition coefficient (Wildman–Crippen LogP) is 3.13. The summed E-state index contributed by atoms with van der Waals surface area (Å²) in [5.74, 6) is -2.45. The Labute approximate surface area is 173 Å². The van der Waals surface area contributed by atoms with Gasteiger partial charge in [0.15, 0.2) is 0 Å². The molecule has 1 aliphatic heterocycles. The Kier molecular flexibility index (Phi) is 5.39. The molecule has 0 amide bonds. The fourth-order valence-electron chi connectivity index (χ4n) is 3.01. The van der Waals surface area contributed by atoms with Gasteiger partial charge in [0.2, 0.25) is 21.7 Å². The second-order valence-electron chi connectivity index (χ2n) is 6.63. The molecule has 2 aromatic heterocycles. The van der Waals surface area contributed by atoms with Crippen molar-refractivity contribution in [2.75, 3.05) is 13.1 Å². The first kappa shape index (κ1) is 21.2. The van der Waals surface area contributed by atoms with Crippen molar-refractivity contribution in [2.24, 2.45) is 0 Å². The number of sulfonamides is 1. The van der Waals surface area contributed by atoms with Gasteiger partial charge in [0, 0.05) is 24.4 Å². The Hall–Kier alpha value is -3.06. The molecule has 1 aromatic carbocycles. The summed E-state index contributed by atoms with van der Waals surface area (Å²) in [7, 11) is -4.01. The first-order valence-electron chi connectivity index (χ1n) is 8.93. The van der Waals surface area contributed by atoms with Gasteiger partial charge in [-0.25, -0.2) is 17.8 Å². The summed E-state index contributed by atoms with van der Waals surface area (Å²) in [6.07, 6.45) is -3.71. The lowest BCUT2D eigenvalue weighted by Gasteiger charge is -2.17. The fraction of sp³-hybridized carbons (Fsp3) is 0.278. The highest BCUT2D eigenvalue weighted by atomic mass is 32.2. The minimum absolute atomic E-state index is 0.000116. The first-order chi connectivity index (χ1) is 14.6. The molecule has 8 nitrogen and oxygen atoms in total. The highest BCUT2D eigenvalue weighted by Crippen LogP contribution is 2.30. The molecule has 1 fully saturated rings. The third kappa shape index (κ3) is 4.37. The highest BCUT2D eigenvalue weighted by Gasteiger charge is 2.38. The van der Waals surface area contributed by atoms with Crippen molar-refractivity contribution in [3.05, 3.63) is 54.3 Å². The van der Waals surface area contributed by atoms with Crippen LogP contribution in [0.3, 0.4) is 0 Å². The summed E-state index contributed by atoms with van der Waals surface area (Å²) in [4.78, 5) is 6.86. The van der Waals surface area contributed by atoms with E-state index < -0.39 is 38.9 Å². The second-order valence-corrected chi connectivity index (χ2v) is 8.53. The molecule has 0 N–H and O–H groups in total. The quantitative estimate of drug-likeness (QED) is 0.542. The van der Waals surface area contributed by atoms with E-state index in [1.807, 2.05) is 0 Å². The topological polar surface area (TPSA) is 98.4 Å². The molecule has 31 heavy (non-hydrogen) atoms. The molecule has 164 valence electrons. The summed E-state index contributed by atoms with van der Waals surface area (Å²) >= 11 is 0. The predicted molar refractivity (Wildman–Crippen MR) is 96.7 cm³/mol. The van der Waals surface area contributed by atoms with E-state index in [1.165, 1.54) is 36.5 Å². The van der Waals surface area contributed by atoms with Crippen molar-refractivity contribution in [1.29, 1.82) is 0 Å². The Balaban J connectivity index is 1.42. The van der Waals surface area contributed by atoms with Crippen LogP contribution in [0.2, 0.25) is 0 Å². The smallest absolute Gasteiger partial charge is 0.471 e. The summed E-state index contributed by atoms with van der Waals surface area (Å²) in [6.45, 7) is 0.141. The first-order valence-corrected chi connectivity index (χ1v) is 10.4. The van der Waals surface area contributed by atoms with Gasteiger partial charge in [0.1, 0.15) is 16.8 Å². The van der Waals surface area contributed by atoms with E-state index in [4.69, 9.17) is 4.74 Å². The van der Waals surface area contributed by atoms with Crippen LogP contribution >= 0.6 is 0 Å². The van der Waals surface area contributed by atoms with E-state index in [1.54, 1.807) is 0 Å². The van der Waals surface area contributed by atoms with E-state index in [9.17, 15) is 26.0 Å². The van der Waals surface area contributed by atoms with Gasteiger partial charge in [-0.2, -0.15) is 22.5 Å². The molecule has 3 aromatic rings. The van der Waals surface area contributed by atoms with Crippen LogP contribution in [0.15, 0.2) is 52.0 Å². The number of pyridine rings is 1. The fourth-order valence-corrected chi connectivity index (χ4v) is 4.57. The van der Waals surface area contributed by atoms with Crippen molar-refractivity contribution >= 4 is 10.0 Å². The molecule has 3 heterocycles.